The standard InChI is InChI=1S/C48H32N2O/c1-3-11-31(12-4-1)32-21-25-47-41(29-32)42-30-36(22-26-48(42)51-47)50-44-18-10-8-16-38(44)40-28-34(20-24-46(40)50)33-19-23-45-39(27-33)37-15-7-9-17-43(37)49(45)35-13-5-2-6-14-35/h1-30,39,45H. The van der Waals surface area contributed by atoms with Crippen LogP contribution < -0.4 is 4.90 Å². The molecule has 51 heavy (non-hydrogen) atoms. The second kappa shape index (κ2) is 11.0. The molecule has 0 bridgehead atoms. The van der Waals surface area contributed by atoms with Gasteiger partial charge < -0.3 is 13.9 Å². The van der Waals surface area contributed by atoms with Gasteiger partial charge in [0, 0.05) is 44.5 Å². The van der Waals surface area contributed by atoms with Gasteiger partial charge in [0.2, 0.25) is 0 Å². The Morgan fingerprint density at radius 3 is 2.04 bits per heavy atom. The van der Waals surface area contributed by atoms with E-state index in [-0.39, 0.29) is 12.0 Å². The van der Waals surface area contributed by atoms with E-state index in [0.717, 1.165) is 27.6 Å². The lowest BCUT2D eigenvalue weighted by atomic mass is 9.86. The van der Waals surface area contributed by atoms with Crippen molar-refractivity contribution >= 4 is 60.7 Å². The van der Waals surface area contributed by atoms with Crippen molar-refractivity contribution in [3.63, 3.8) is 0 Å². The van der Waals surface area contributed by atoms with E-state index in [4.69, 9.17) is 4.42 Å². The molecule has 0 radical (unpaired) electrons. The van der Waals surface area contributed by atoms with E-state index in [1.54, 1.807) is 0 Å². The number of para-hydroxylation sites is 3. The molecule has 11 rings (SSSR count). The first-order valence-corrected chi connectivity index (χ1v) is 17.7. The number of benzene rings is 7. The molecule has 0 saturated carbocycles. The Hall–Kier alpha value is -6.58. The number of allylic oxidation sites excluding steroid dienone is 2. The van der Waals surface area contributed by atoms with Crippen LogP contribution in [-0.2, 0) is 0 Å². The molecule has 1 aliphatic heterocycles. The Kier molecular flexibility index (Phi) is 6.08. The summed E-state index contributed by atoms with van der Waals surface area (Å²) in [6.07, 6.45) is 7.20. The maximum Gasteiger partial charge on any atom is 0.135 e. The van der Waals surface area contributed by atoms with Crippen molar-refractivity contribution in [3.8, 4) is 16.8 Å². The fraction of sp³-hybridized carbons (Fsp3) is 0.0417. The molecule has 1 aliphatic carbocycles. The van der Waals surface area contributed by atoms with Gasteiger partial charge in [-0.1, -0.05) is 115 Å². The minimum absolute atomic E-state index is 0.247. The normalized spacial score (nSPS) is 16.6. The maximum absolute atomic E-state index is 6.33. The quantitative estimate of drug-likeness (QED) is 0.189. The van der Waals surface area contributed by atoms with Gasteiger partial charge in [0.05, 0.1) is 17.1 Å². The van der Waals surface area contributed by atoms with Crippen molar-refractivity contribution in [2.24, 2.45) is 0 Å². The molecule has 0 amide bonds. The van der Waals surface area contributed by atoms with Crippen LogP contribution in [0, 0.1) is 0 Å². The van der Waals surface area contributed by atoms with E-state index in [9.17, 15) is 0 Å². The van der Waals surface area contributed by atoms with Gasteiger partial charge in [-0.3, -0.25) is 0 Å². The zero-order valence-electron chi connectivity index (χ0n) is 27.8. The summed E-state index contributed by atoms with van der Waals surface area (Å²) in [5.41, 5.74) is 14.1. The number of fused-ring (bicyclic) bond motifs is 9. The average Bonchev–Trinajstić information content (AvgIpc) is 3.85. The Labute approximate surface area is 295 Å². The van der Waals surface area contributed by atoms with Crippen molar-refractivity contribution in [2.45, 2.75) is 12.0 Å². The summed E-state index contributed by atoms with van der Waals surface area (Å²) in [4.78, 5) is 2.49. The molecule has 3 heteroatoms. The first kappa shape index (κ1) is 28.3. The number of hydrogen-bond acceptors (Lipinski definition) is 2. The van der Waals surface area contributed by atoms with Crippen molar-refractivity contribution in [2.75, 3.05) is 4.90 Å². The molecule has 2 unspecified atom stereocenters. The van der Waals surface area contributed by atoms with Gasteiger partial charge in [0.15, 0.2) is 0 Å². The molecule has 0 fully saturated rings. The fourth-order valence-corrected chi connectivity index (χ4v) is 8.58. The Morgan fingerprint density at radius 2 is 1.16 bits per heavy atom. The van der Waals surface area contributed by atoms with Crippen molar-refractivity contribution in [1.29, 1.82) is 0 Å². The number of anilines is 2. The molecule has 2 aliphatic rings. The number of hydrogen-bond donors (Lipinski definition) is 0. The van der Waals surface area contributed by atoms with E-state index in [1.165, 1.54) is 61.0 Å². The fourth-order valence-electron chi connectivity index (χ4n) is 8.58. The van der Waals surface area contributed by atoms with E-state index < -0.39 is 0 Å². The second-order valence-electron chi connectivity index (χ2n) is 13.7. The Balaban J connectivity index is 1.03. The first-order valence-electron chi connectivity index (χ1n) is 17.7. The second-order valence-corrected chi connectivity index (χ2v) is 13.7. The SMILES string of the molecule is C1=CC2C(C=C1c1ccc3c(c1)c1ccccc1n3-c1ccc3oc4ccc(-c5ccccc5)cc4c3c1)c1ccccc1N2c1ccccc1. The molecular formula is C48H32N2O. The van der Waals surface area contributed by atoms with Crippen molar-refractivity contribution in [1.82, 2.24) is 4.57 Å². The summed E-state index contributed by atoms with van der Waals surface area (Å²) in [6.45, 7) is 0. The number of aromatic nitrogens is 1. The third kappa shape index (κ3) is 4.31. The van der Waals surface area contributed by atoms with Crippen LogP contribution >= 0.6 is 0 Å². The Morgan fingerprint density at radius 1 is 0.471 bits per heavy atom. The highest BCUT2D eigenvalue weighted by atomic mass is 16.3. The van der Waals surface area contributed by atoms with Crippen molar-refractivity contribution in [3.05, 3.63) is 193 Å². The van der Waals surface area contributed by atoms with Crippen molar-refractivity contribution < 1.29 is 4.42 Å². The van der Waals surface area contributed by atoms with E-state index >= 15 is 0 Å². The zero-order chi connectivity index (χ0) is 33.5. The lowest BCUT2D eigenvalue weighted by molar-refractivity contribution is 0.669. The third-order valence-electron chi connectivity index (χ3n) is 10.9. The van der Waals surface area contributed by atoms with Crippen LogP contribution in [0.5, 0.6) is 0 Å². The topological polar surface area (TPSA) is 21.3 Å². The van der Waals surface area contributed by atoms with E-state index in [2.05, 4.69) is 191 Å². The van der Waals surface area contributed by atoms with Gasteiger partial charge in [-0.05, 0) is 94.6 Å². The summed E-state index contributed by atoms with van der Waals surface area (Å²) in [7, 11) is 0. The van der Waals surface area contributed by atoms with Crippen LogP contribution in [0.2, 0.25) is 0 Å². The highest BCUT2D eigenvalue weighted by Crippen LogP contribution is 2.49. The predicted molar refractivity (Wildman–Crippen MR) is 212 cm³/mol. The monoisotopic (exact) mass is 652 g/mol. The maximum atomic E-state index is 6.33. The minimum atomic E-state index is 0.247. The third-order valence-corrected chi connectivity index (χ3v) is 10.9. The van der Waals surface area contributed by atoms with Gasteiger partial charge in [0.1, 0.15) is 11.2 Å². The molecule has 7 aromatic carbocycles. The first-order chi connectivity index (χ1) is 25.3. The van der Waals surface area contributed by atoms with Crippen LogP contribution in [0.15, 0.2) is 186 Å². The summed E-state index contributed by atoms with van der Waals surface area (Å²) >= 11 is 0. The van der Waals surface area contributed by atoms with E-state index in [0.29, 0.717) is 0 Å². The lowest BCUT2D eigenvalue weighted by Gasteiger charge is -2.29. The minimum Gasteiger partial charge on any atom is -0.456 e. The van der Waals surface area contributed by atoms with Gasteiger partial charge in [-0.25, -0.2) is 0 Å². The van der Waals surface area contributed by atoms with Gasteiger partial charge >= 0.3 is 0 Å². The summed E-state index contributed by atoms with van der Waals surface area (Å²) < 4.78 is 8.73. The lowest BCUT2D eigenvalue weighted by Crippen LogP contribution is -2.28. The van der Waals surface area contributed by atoms with Crippen LogP contribution in [0.1, 0.15) is 17.0 Å². The van der Waals surface area contributed by atoms with Crippen LogP contribution in [0.4, 0.5) is 11.4 Å². The van der Waals surface area contributed by atoms with Crippen LogP contribution in [-0.4, -0.2) is 10.6 Å². The van der Waals surface area contributed by atoms with Gasteiger partial charge in [-0.15, -0.1) is 0 Å². The number of furan rings is 1. The molecule has 2 aromatic heterocycles. The molecule has 9 aromatic rings. The van der Waals surface area contributed by atoms with Gasteiger partial charge in [0.25, 0.3) is 0 Å². The van der Waals surface area contributed by atoms with Gasteiger partial charge in [-0.2, -0.15) is 0 Å². The summed E-state index contributed by atoms with van der Waals surface area (Å²) in [6, 6.07) is 59.3. The molecule has 0 N–H and O–H groups in total. The zero-order valence-corrected chi connectivity index (χ0v) is 27.8. The predicted octanol–water partition coefficient (Wildman–Crippen LogP) is 12.6. The largest absolute Gasteiger partial charge is 0.456 e. The molecule has 2 atom stereocenters. The smallest absolute Gasteiger partial charge is 0.135 e. The molecule has 3 nitrogen and oxygen atoms in total. The summed E-state index contributed by atoms with van der Waals surface area (Å²) in [5, 5.41) is 4.75. The number of nitrogens with zero attached hydrogens (tertiary/aromatic N) is 2. The average molecular weight is 653 g/mol. The molecule has 3 heterocycles. The highest BCUT2D eigenvalue weighted by Gasteiger charge is 2.38. The van der Waals surface area contributed by atoms with Crippen LogP contribution in [0.25, 0.3) is 66.1 Å². The molecule has 0 saturated heterocycles. The molecular weight excluding hydrogens is 621 g/mol. The highest BCUT2D eigenvalue weighted by molar-refractivity contribution is 6.11. The van der Waals surface area contributed by atoms with Crippen LogP contribution in [0.3, 0.4) is 0 Å². The molecule has 0 spiro atoms. The number of rotatable bonds is 4. The Bertz CT molecular complexity index is 2870. The van der Waals surface area contributed by atoms with E-state index in [1.807, 2.05) is 0 Å². The summed E-state index contributed by atoms with van der Waals surface area (Å²) in [5.74, 6) is 0.275. The molecule has 240 valence electrons.